The van der Waals surface area contributed by atoms with Gasteiger partial charge in [0.2, 0.25) is 0 Å². The van der Waals surface area contributed by atoms with E-state index in [1.165, 1.54) is 12.1 Å². The fourth-order valence-corrected chi connectivity index (χ4v) is 2.08. The molecule has 0 aromatic heterocycles. The molecule has 110 valence electrons. The maximum atomic E-state index is 10.5. The van der Waals surface area contributed by atoms with Gasteiger partial charge in [0.05, 0.1) is 4.92 Å². The Labute approximate surface area is 123 Å². The summed E-state index contributed by atoms with van der Waals surface area (Å²) < 4.78 is 0. The molecule has 0 unspecified atom stereocenters. The second-order valence-electron chi connectivity index (χ2n) is 4.83. The first kappa shape index (κ1) is 15.2. The summed E-state index contributed by atoms with van der Waals surface area (Å²) in [5.41, 5.74) is 2.17. The van der Waals surface area contributed by atoms with Gasteiger partial charge < -0.3 is 5.11 Å². The molecule has 0 aliphatic heterocycles. The maximum absolute atomic E-state index is 10.5. The highest BCUT2D eigenvalue weighted by molar-refractivity contribution is 5.32. The average Bonchev–Trinajstić information content (AvgIpc) is 2.49. The van der Waals surface area contributed by atoms with Crippen LogP contribution in [0.3, 0.4) is 0 Å². The van der Waals surface area contributed by atoms with Crippen molar-refractivity contribution in [2.75, 3.05) is 6.54 Å². The lowest BCUT2D eigenvalue weighted by Crippen LogP contribution is -2.32. The highest BCUT2D eigenvalue weighted by Gasteiger charge is 2.06. The van der Waals surface area contributed by atoms with Crippen LogP contribution in [0.2, 0.25) is 0 Å². The Morgan fingerprint density at radius 3 is 2.33 bits per heavy atom. The van der Waals surface area contributed by atoms with Crippen molar-refractivity contribution in [3.8, 4) is 0 Å². The number of nitrogens with zero attached hydrogens (tertiary/aromatic N) is 1. The summed E-state index contributed by atoms with van der Waals surface area (Å²) in [5, 5.41) is 23.5. The standard InChI is InChI=1S/C16H18N2O3/c19-16(12-14-4-2-1-3-5-14)17-11-10-13-6-8-15(9-7-13)18(20)21/h1-9,16-17,19H,10-12H2/t16-/m1/s1. The number of nitro groups is 1. The SMILES string of the molecule is O=[N+]([O-])c1ccc(CCN[C@H](O)Cc2ccccc2)cc1. The molecule has 0 spiro atoms. The van der Waals surface area contributed by atoms with Crippen LogP contribution in [-0.4, -0.2) is 22.8 Å². The molecule has 5 nitrogen and oxygen atoms in total. The second kappa shape index (κ2) is 7.52. The topological polar surface area (TPSA) is 75.4 Å². The lowest BCUT2D eigenvalue weighted by atomic mass is 10.1. The molecule has 0 bridgehead atoms. The summed E-state index contributed by atoms with van der Waals surface area (Å²) in [6.07, 6.45) is 0.677. The number of aliphatic hydroxyl groups is 1. The summed E-state index contributed by atoms with van der Waals surface area (Å²) in [4.78, 5) is 10.1. The van der Waals surface area contributed by atoms with Gasteiger partial charge in [-0.2, -0.15) is 0 Å². The summed E-state index contributed by atoms with van der Waals surface area (Å²) in [6, 6.07) is 16.2. The van der Waals surface area contributed by atoms with Crippen LogP contribution in [0.15, 0.2) is 54.6 Å². The van der Waals surface area contributed by atoms with Crippen LogP contribution < -0.4 is 5.32 Å². The smallest absolute Gasteiger partial charge is 0.269 e. The van der Waals surface area contributed by atoms with Crippen LogP contribution in [0.4, 0.5) is 5.69 Å². The predicted molar refractivity (Wildman–Crippen MR) is 81.0 cm³/mol. The predicted octanol–water partition coefficient (Wildman–Crippen LogP) is 2.29. The Kier molecular flexibility index (Phi) is 5.43. The van der Waals surface area contributed by atoms with Gasteiger partial charge >= 0.3 is 0 Å². The van der Waals surface area contributed by atoms with E-state index >= 15 is 0 Å². The van der Waals surface area contributed by atoms with Gasteiger partial charge in [0.15, 0.2) is 0 Å². The molecule has 0 radical (unpaired) electrons. The first-order chi connectivity index (χ1) is 10.1. The van der Waals surface area contributed by atoms with E-state index in [0.29, 0.717) is 19.4 Å². The van der Waals surface area contributed by atoms with Gasteiger partial charge in [-0.3, -0.25) is 15.4 Å². The largest absolute Gasteiger partial charge is 0.378 e. The molecule has 0 fully saturated rings. The minimum atomic E-state index is -0.592. The van der Waals surface area contributed by atoms with E-state index in [9.17, 15) is 15.2 Å². The molecule has 1 atom stereocenters. The fourth-order valence-electron chi connectivity index (χ4n) is 2.08. The van der Waals surface area contributed by atoms with Crippen LogP contribution >= 0.6 is 0 Å². The Hall–Kier alpha value is -2.24. The monoisotopic (exact) mass is 286 g/mol. The molecule has 0 aliphatic rings. The van der Waals surface area contributed by atoms with Crippen LogP contribution in [-0.2, 0) is 12.8 Å². The van der Waals surface area contributed by atoms with E-state index in [4.69, 9.17) is 0 Å². The molecule has 2 N–H and O–H groups in total. The molecular formula is C16H18N2O3. The van der Waals surface area contributed by atoms with Gasteiger partial charge in [0.25, 0.3) is 5.69 Å². The van der Waals surface area contributed by atoms with Gasteiger partial charge in [0.1, 0.15) is 6.23 Å². The Balaban J connectivity index is 1.74. The van der Waals surface area contributed by atoms with Crippen LogP contribution in [0, 0.1) is 10.1 Å². The number of nitro benzene ring substituents is 1. The first-order valence-electron chi connectivity index (χ1n) is 6.84. The summed E-state index contributed by atoms with van der Waals surface area (Å²) in [6.45, 7) is 0.617. The molecular weight excluding hydrogens is 268 g/mol. The second-order valence-corrected chi connectivity index (χ2v) is 4.83. The number of non-ortho nitro benzene ring substituents is 1. The molecule has 2 aromatic rings. The van der Waals surface area contributed by atoms with Crippen molar-refractivity contribution in [3.05, 3.63) is 75.8 Å². The van der Waals surface area contributed by atoms with Gasteiger partial charge in [-0.05, 0) is 17.5 Å². The van der Waals surface area contributed by atoms with Crippen molar-refractivity contribution in [1.29, 1.82) is 0 Å². The average molecular weight is 286 g/mol. The van der Waals surface area contributed by atoms with Crippen molar-refractivity contribution in [2.45, 2.75) is 19.1 Å². The molecule has 0 aliphatic carbocycles. The molecule has 0 amide bonds. The van der Waals surface area contributed by atoms with E-state index in [2.05, 4.69) is 5.32 Å². The quantitative estimate of drug-likeness (QED) is 0.465. The van der Waals surface area contributed by atoms with E-state index in [0.717, 1.165) is 11.1 Å². The van der Waals surface area contributed by atoms with Crippen molar-refractivity contribution in [3.63, 3.8) is 0 Å². The van der Waals surface area contributed by atoms with Gasteiger partial charge in [-0.1, -0.05) is 42.5 Å². The van der Waals surface area contributed by atoms with Crippen molar-refractivity contribution in [2.24, 2.45) is 0 Å². The third-order valence-electron chi connectivity index (χ3n) is 3.21. The third kappa shape index (κ3) is 4.98. The molecule has 5 heteroatoms. The Bertz CT molecular complexity index is 570. The van der Waals surface area contributed by atoms with E-state index < -0.39 is 11.2 Å². The lowest BCUT2D eigenvalue weighted by molar-refractivity contribution is -0.384. The Morgan fingerprint density at radius 2 is 1.71 bits per heavy atom. The molecule has 21 heavy (non-hydrogen) atoms. The summed E-state index contributed by atoms with van der Waals surface area (Å²) >= 11 is 0. The number of benzene rings is 2. The van der Waals surface area contributed by atoms with Crippen LogP contribution in [0.5, 0.6) is 0 Å². The van der Waals surface area contributed by atoms with Gasteiger partial charge in [-0.15, -0.1) is 0 Å². The normalized spacial score (nSPS) is 12.0. The zero-order valence-corrected chi connectivity index (χ0v) is 11.6. The van der Waals surface area contributed by atoms with Gasteiger partial charge in [-0.25, -0.2) is 0 Å². The molecule has 0 heterocycles. The first-order valence-corrected chi connectivity index (χ1v) is 6.84. The van der Waals surface area contributed by atoms with Crippen molar-refractivity contribution in [1.82, 2.24) is 5.32 Å². The number of aliphatic hydroxyl groups excluding tert-OH is 1. The highest BCUT2D eigenvalue weighted by Crippen LogP contribution is 2.12. The minimum Gasteiger partial charge on any atom is -0.378 e. The van der Waals surface area contributed by atoms with Crippen molar-refractivity contribution < 1.29 is 10.0 Å². The number of nitrogens with one attached hydrogen (secondary N) is 1. The van der Waals surface area contributed by atoms with E-state index in [1.807, 2.05) is 30.3 Å². The molecule has 2 rings (SSSR count). The molecule has 0 saturated heterocycles. The number of rotatable bonds is 7. The van der Waals surface area contributed by atoms with Crippen LogP contribution in [0.1, 0.15) is 11.1 Å². The summed E-state index contributed by atoms with van der Waals surface area (Å²) in [5.74, 6) is 0. The zero-order valence-electron chi connectivity index (χ0n) is 11.6. The van der Waals surface area contributed by atoms with E-state index in [-0.39, 0.29) is 5.69 Å². The zero-order chi connectivity index (χ0) is 15.1. The maximum Gasteiger partial charge on any atom is 0.269 e. The van der Waals surface area contributed by atoms with Crippen LogP contribution in [0.25, 0.3) is 0 Å². The Morgan fingerprint density at radius 1 is 1.05 bits per heavy atom. The molecule has 0 saturated carbocycles. The third-order valence-corrected chi connectivity index (χ3v) is 3.21. The highest BCUT2D eigenvalue weighted by atomic mass is 16.6. The van der Waals surface area contributed by atoms with E-state index in [1.54, 1.807) is 12.1 Å². The number of hydrogen-bond acceptors (Lipinski definition) is 4. The minimum absolute atomic E-state index is 0.0934. The fraction of sp³-hybridized carbons (Fsp3) is 0.250. The number of hydrogen-bond donors (Lipinski definition) is 2. The molecule has 2 aromatic carbocycles. The van der Waals surface area contributed by atoms with Gasteiger partial charge in [0, 0.05) is 25.1 Å². The lowest BCUT2D eigenvalue weighted by Gasteiger charge is -2.12. The van der Waals surface area contributed by atoms with Crippen molar-refractivity contribution >= 4 is 5.69 Å². The summed E-state index contributed by atoms with van der Waals surface area (Å²) in [7, 11) is 0.